The standard InChI is InChI=1S/C35H37FN2O11S/c1-34(48-25-8-4-3-5-9-25)29(40)30(41)35(45,31(49-34)33(43)44)28-26(18-19-27(39)22-12-14-23(36)15-13-22)32(42)38(28)24-16-10-21(11-17-24)7-6-20-37-50(2,46)47/h3-5,8-17,26-31,37,39-41,45H,18-20H2,1-2H3,(H,43,44)/t26-,27+,28+,29-,30-,31-,34?,35+/m1/s1. The van der Waals surface area contributed by atoms with Crippen LogP contribution in [0, 0.1) is 23.6 Å². The zero-order valence-electron chi connectivity index (χ0n) is 27.0. The fourth-order valence-corrected chi connectivity index (χ4v) is 6.67. The number of nitrogens with one attached hydrogen (secondary N) is 1. The van der Waals surface area contributed by atoms with Crippen molar-refractivity contribution in [3.8, 4) is 17.6 Å². The third-order valence-electron chi connectivity index (χ3n) is 8.86. The van der Waals surface area contributed by atoms with Gasteiger partial charge < -0.3 is 39.9 Å². The van der Waals surface area contributed by atoms with E-state index in [0.717, 1.165) is 11.2 Å². The Kier molecular flexibility index (Phi) is 10.7. The van der Waals surface area contributed by atoms with Gasteiger partial charge in [-0.25, -0.2) is 22.3 Å². The molecule has 0 spiro atoms. The molecule has 0 saturated carbocycles. The number of hydrogen-bond acceptors (Lipinski definition) is 10. The number of halogens is 1. The molecule has 1 unspecified atom stereocenters. The third-order valence-corrected chi connectivity index (χ3v) is 9.53. The number of carbonyl (C=O) groups excluding carboxylic acids is 1. The van der Waals surface area contributed by atoms with Crippen LogP contribution >= 0.6 is 0 Å². The van der Waals surface area contributed by atoms with Gasteiger partial charge in [0.2, 0.25) is 21.7 Å². The molecule has 15 heteroatoms. The molecule has 13 nitrogen and oxygen atoms in total. The molecule has 8 atom stereocenters. The van der Waals surface area contributed by atoms with E-state index in [9.17, 15) is 47.9 Å². The third kappa shape index (κ3) is 7.52. The molecule has 266 valence electrons. The number of aliphatic hydroxyl groups excluding tert-OH is 3. The maximum absolute atomic E-state index is 13.8. The maximum Gasteiger partial charge on any atom is 0.336 e. The lowest BCUT2D eigenvalue weighted by atomic mass is 9.65. The number of aliphatic carboxylic acids is 1. The zero-order valence-corrected chi connectivity index (χ0v) is 27.8. The highest BCUT2D eigenvalue weighted by Gasteiger charge is 2.71. The molecule has 3 aromatic rings. The lowest BCUT2D eigenvalue weighted by molar-refractivity contribution is -0.354. The van der Waals surface area contributed by atoms with E-state index in [4.69, 9.17) is 9.47 Å². The molecule has 1 amide bonds. The van der Waals surface area contributed by atoms with E-state index in [-0.39, 0.29) is 30.8 Å². The molecule has 2 saturated heterocycles. The highest BCUT2D eigenvalue weighted by Crippen LogP contribution is 2.49. The predicted molar refractivity (Wildman–Crippen MR) is 176 cm³/mol. The molecule has 2 fully saturated rings. The minimum Gasteiger partial charge on any atom is -0.479 e. The Labute approximate surface area is 287 Å². The van der Waals surface area contributed by atoms with Gasteiger partial charge in [-0.2, -0.15) is 0 Å². The highest BCUT2D eigenvalue weighted by molar-refractivity contribution is 7.88. The quantitative estimate of drug-likeness (QED) is 0.124. The maximum atomic E-state index is 13.8. The van der Waals surface area contributed by atoms with Crippen LogP contribution in [0.5, 0.6) is 5.75 Å². The van der Waals surface area contributed by atoms with Crippen molar-refractivity contribution >= 4 is 27.6 Å². The first-order chi connectivity index (χ1) is 23.5. The molecule has 0 aromatic heterocycles. The van der Waals surface area contributed by atoms with Crippen LogP contribution < -0.4 is 14.4 Å². The van der Waals surface area contributed by atoms with Crippen molar-refractivity contribution in [2.45, 2.75) is 61.6 Å². The first-order valence-electron chi connectivity index (χ1n) is 15.6. The Morgan fingerprint density at radius 3 is 2.30 bits per heavy atom. The average molecular weight is 713 g/mol. The Morgan fingerprint density at radius 2 is 1.70 bits per heavy atom. The number of carboxylic acids is 1. The van der Waals surface area contributed by atoms with Crippen LogP contribution in [-0.4, -0.2) is 94.4 Å². The van der Waals surface area contributed by atoms with Gasteiger partial charge in [-0.15, -0.1) is 0 Å². The Balaban J connectivity index is 1.48. The summed E-state index contributed by atoms with van der Waals surface area (Å²) in [5, 5.41) is 56.5. The summed E-state index contributed by atoms with van der Waals surface area (Å²) in [6.45, 7) is 1.07. The lowest BCUT2D eigenvalue weighted by Crippen LogP contribution is -2.83. The van der Waals surface area contributed by atoms with Crippen molar-refractivity contribution in [1.29, 1.82) is 0 Å². The largest absolute Gasteiger partial charge is 0.479 e. The normalized spacial score (nSPS) is 28.6. The fraction of sp³-hybridized carbons (Fsp3) is 0.371. The number of anilines is 1. The van der Waals surface area contributed by atoms with Gasteiger partial charge >= 0.3 is 5.97 Å². The summed E-state index contributed by atoms with van der Waals surface area (Å²) in [4.78, 5) is 27.7. The zero-order chi connectivity index (χ0) is 36.4. The van der Waals surface area contributed by atoms with Crippen molar-refractivity contribution in [2.75, 3.05) is 17.7 Å². The van der Waals surface area contributed by atoms with Gasteiger partial charge in [0.15, 0.2) is 11.7 Å². The van der Waals surface area contributed by atoms with E-state index in [1.54, 1.807) is 18.2 Å². The second-order valence-electron chi connectivity index (χ2n) is 12.4. The monoisotopic (exact) mass is 712 g/mol. The van der Waals surface area contributed by atoms with Crippen LogP contribution in [0.4, 0.5) is 10.1 Å². The number of sulfonamides is 1. The number of nitrogens with zero attached hydrogens (tertiary/aromatic N) is 1. The molecular formula is C35H37FN2O11S. The number of β-lactam (4-membered cyclic amide) rings is 1. The Hall–Kier alpha value is -4.40. The summed E-state index contributed by atoms with van der Waals surface area (Å²) >= 11 is 0. The molecule has 6 N–H and O–H groups in total. The van der Waals surface area contributed by atoms with Crippen LogP contribution in [0.3, 0.4) is 0 Å². The summed E-state index contributed by atoms with van der Waals surface area (Å²) in [7, 11) is -3.45. The molecule has 2 aliphatic heterocycles. The molecule has 50 heavy (non-hydrogen) atoms. The number of benzene rings is 3. The highest BCUT2D eigenvalue weighted by atomic mass is 32.2. The fourth-order valence-electron chi connectivity index (χ4n) is 6.33. The lowest BCUT2D eigenvalue weighted by Gasteiger charge is -2.60. The number of hydrogen-bond donors (Lipinski definition) is 6. The molecular weight excluding hydrogens is 675 g/mol. The van der Waals surface area contributed by atoms with Gasteiger partial charge in [0.05, 0.1) is 30.9 Å². The summed E-state index contributed by atoms with van der Waals surface area (Å²) in [5.41, 5.74) is -1.83. The van der Waals surface area contributed by atoms with Gasteiger partial charge in [0.1, 0.15) is 23.8 Å². The summed E-state index contributed by atoms with van der Waals surface area (Å²) in [6.07, 6.45) is -6.82. The van der Waals surface area contributed by atoms with Crippen LogP contribution in [0.25, 0.3) is 0 Å². The van der Waals surface area contributed by atoms with E-state index in [1.807, 2.05) is 0 Å². The summed E-state index contributed by atoms with van der Waals surface area (Å²) < 4.78 is 49.9. The van der Waals surface area contributed by atoms with Crippen LogP contribution in [-0.2, 0) is 24.3 Å². The van der Waals surface area contributed by atoms with Gasteiger partial charge in [0, 0.05) is 18.2 Å². The van der Waals surface area contributed by atoms with Crippen molar-refractivity contribution in [2.24, 2.45) is 5.92 Å². The Morgan fingerprint density at radius 1 is 1.06 bits per heavy atom. The minimum atomic E-state index is -3.45. The number of carboxylic acid groups (broad SMARTS) is 1. The number of ether oxygens (including phenoxy) is 2. The van der Waals surface area contributed by atoms with Crippen LogP contribution in [0.1, 0.15) is 37.0 Å². The van der Waals surface area contributed by atoms with E-state index < -0.39 is 75.5 Å². The van der Waals surface area contributed by atoms with Crippen molar-refractivity contribution < 1.29 is 57.4 Å². The van der Waals surface area contributed by atoms with Crippen molar-refractivity contribution in [3.05, 3.63) is 95.8 Å². The van der Waals surface area contributed by atoms with E-state index >= 15 is 0 Å². The van der Waals surface area contributed by atoms with Gasteiger partial charge in [-0.3, -0.25) is 4.79 Å². The van der Waals surface area contributed by atoms with E-state index in [1.165, 1.54) is 67.6 Å². The molecule has 3 aromatic carbocycles. The van der Waals surface area contributed by atoms with Gasteiger partial charge in [-0.05, 0) is 66.9 Å². The van der Waals surface area contributed by atoms with Gasteiger partial charge in [-0.1, -0.05) is 42.2 Å². The number of amides is 1. The second-order valence-corrected chi connectivity index (χ2v) is 14.2. The van der Waals surface area contributed by atoms with Crippen molar-refractivity contribution in [1.82, 2.24) is 4.72 Å². The number of aliphatic hydroxyl groups is 4. The molecule has 2 heterocycles. The molecule has 0 radical (unpaired) electrons. The SMILES string of the molecule is CC1(Oc2ccccc2)O[C@H](C(=O)O)[C@](O)([C@@H]2[C@@H](CC[C@H](O)c3ccc(F)cc3)C(=O)N2c2ccc(C#CCNS(C)(=O)=O)cc2)[C@H](O)[C@H]1O. The summed E-state index contributed by atoms with van der Waals surface area (Å²) in [6, 6.07) is 17.6. The molecule has 0 aliphatic carbocycles. The first-order valence-corrected chi connectivity index (χ1v) is 17.5. The number of para-hydroxylation sites is 1. The van der Waals surface area contributed by atoms with Crippen molar-refractivity contribution in [3.63, 3.8) is 0 Å². The van der Waals surface area contributed by atoms with Gasteiger partial charge in [0.25, 0.3) is 0 Å². The molecule has 2 aliphatic rings. The first kappa shape index (κ1) is 36.9. The predicted octanol–water partition coefficient (Wildman–Crippen LogP) is 1.30. The number of carbonyl (C=O) groups is 2. The number of rotatable bonds is 11. The smallest absolute Gasteiger partial charge is 0.336 e. The second kappa shape index (κ2) is 14.4. The Bertz CT molecular complexity index is 1870. The molecule has 0 bridgehead atoms. The van der Waals surface area contributed by atoms with Crippen LogP contribution in [0.2, 0.25) is 0 Å². The van der Waals surface area contributed by atoms with Crippen LogP contribution in [0.15, 0.2) is 78.9 Å². The topological polar surface area (TPSA) is 203 Å². The average Bonchev–Trinajstić information content (AvgIpc) is 3.07. The summed E-state index contributed by atoms with van der Waals surface area (Å²) in [5.74, 6) is -0.527. The molecule has 5 rings (SSSR count). The van der Waals surface area contributed by atoms with E-state index in [0.29, 0.717) is 11.1 Å². The van der Waals surface area contributed by atoms with E-state index in [2.05, 4.69) is 16.6 Å². The minimum absolute atomic E-state index is 0.0649.